The van der Waals surface area contributed by atoms with E-state index < -0.39 is 5.67 Å². The number of carbonyl (C=O) groups excluding carboxylic acids is 1. The van der Waals surface area contributed by atoms with E-state index in [-0.39, 0.29) is 12.0 Å². The fraction of sp³-hybridized carbons (Fsp3) is 0.500. The van der Waals surface area contributed by atoms with Gasteiger partial charge in [-0.1, -0.05) is 24.3 Å². The van der Waals surface area contributed by atoms with Crippen molar-refractivity contribution in [1.29, 1.82) is 0 Å². The second-order valence-electron chi connectivity index (χ2n) is 9.71. The number of hydrogen-bond donors (Lipinski definition) is 1. The standard InChI is InChI=1S/C26H33FN2O3/c1-26(2,27)18-28-13-11-19(12-14-28)17-32-24-9-7-21(8-10-24)20-3-5-22(6-4-20)25(31)29-15-23(30)16-29/h3-10,19,23,30H,11-18H2,1-2H3. The van der Waals surface area contributed by atoms with Gasteiger partial charge in [-0.25, -0.2) is 4.39 Å². The molecule has 6 heteroatoms. The summed E-state index contributed by atoms with van der Waals surface area (Å²) in [4.78, 5) is 16.2. The molecule has 5 nitrogen and oxygen atoms in total. The highest BCUT2D eigenvalue weighted by atomic mass is 19.1. The maximum absolute atomic E-state index is 13.8. The molecule has 2 aromatic carbocycles. The molecule has 4 rings (SSSR count). The first-order chi connectivity index (χ1) is 15.3. The Kier molecular flexibility index (Phi) is 6.82. The van der Waals surface area contributed by atoms with Crippen LogP contribution in [0.1, 0.15) is 37.0 Å². The molecule has 0 unspecified atom stereocenters. The Bertz CT molecular complexity index is 894. The van der Waals surface area contributed by atoms with Crippen molar-refractivity contribution in [2.45, 2.75) is 38.5 Å². The number of β-amino-alcohol motifs (C(OH)–C–C–N with tert-alkyl or cyclic N) is 1. The lowest BCUT2D eigenvalue weighted by atomic mass is 9.97. The third-order valence-electron chi connectivity index (χ3n) is 6.26. The predicted molar refractivity (Wildman–Crippen MR) is 124 cm³/mol. The second kappa shape index (κ2) is 9.59. The number of benzene rings is 2. The summed E-state index contributed by atoms with van der Waals surface area (Å²) < 4.78 is 19.8. The Hall–Kier alpha value is -2.44. The van der Waals surface area contributed by atoms with Gasteiger partial charge >= 0.3 is 0 Å². The predicted octanol–water partition coefficient (Wildman–Crippen LogP) is 4.01. The molecule has 0 aromatic heterocycles. The van der Waals surface area contributed by atoms with E-state index in [1.54, 1.807) is 18.7 Å². The molecule has 0 saturated carbocycles. The Morgan fingerprint density at radius 2 is 1.59 bits per heavy atom. The molecule has 1 amide bonds. The first-order valence-electron chi connectivity index (χ1n) is 11.5. The SMILES string of the molecule is CC(C)(F)CN1CCC(COc2ccc(-c3ccc(C(=O)N4CC(O)C4)cc3)cc2)CC1. The van der Waals surface area contributed by atoms with E-state index >= 15 is 0 Å². The highest BCUT2D eigenvalue weighted by Crippen LogP contribution is 2.25. The number of likely N-dealkylation sites (tertiary alicyclic amines) is 2. The number of rotatable bonds is 7. The van der Waals surface area contributed by atoms with Crippen LogP contribution in [0.25, 0.3) is 11.1 Å². The molecule has 2 fully saturated rings. The van der Waals surface area contributed by atoms with E-state index in [9.17, 15) is 14.3 Å². The van der Waals surface area contributed by atoms with E-state index in [0.29, 0.717) is 37.7 Å². The van der Waals surface area contributed by atoms with Crippen molar-refractivity contribution >= 4 is 5.91 Å². The van der Waals surface area contributed by atoms with Crippen LogP contribution in [0.3, 0.4) is 0 Å². The van der Waals surface area contributed by atoms with E-state index in [1.807, 2.05) is 48.5 Å². The van der Waals surface area contributed by atoms with Crippen LogP contribution in [0.15, 0.2) is 48.5 Å². The van der Waals surface area contributed by atoms with Crippen molar-refractivity contribution in [3.63, 3.8) is 0 Å². The third kappa shape index (κ3) is 5.87. The summed E-state index contributed by atoms with van der Waals surface area (Å²) in [7, 11) is 0. The summed E-state index contributed by atoms with van der Waals surface area (Å²) in [5.74, 6) is 1.32. The molecule has 0 radical (unpaired) electrons. The number of piperidine rings is 1. The first kappa shape index (κ1) is 22.7. The monoisotopic (exact) mass is 440 g/mol. The molecule has 2 saturated heterocycles. The van der Waals surface area contributed by atoms with E-state index in [0.717, 1.165) is 42.8 Å². The lowest BCUT2D eigenvalue weighted by Crippen LogP contribution is -2.53. The summed E-state index contributed by atoms with van der Waals surface area (Å²) >= 11 is 0. The van der Waals surface area contributed by atoms with Gasteiger partial charge in [-0.15, -0.1) is 0 Å². The van der Waals surface area contributed by atoms with Gasteiger partial charge in [0.2, 0.25) is 0 Å². The van der Waals surface area contributed by atoms with Crippen LogP contribution in [-0.4, -0.2) is 71.9 Å². The minimum absolute atomic E-state index is 0.0372. The van der Waals surface area contributed by atoms with Gasteiger partial charge in [-0.3, -0.25) is 4.79 Å². The average Bonchev–Trinajstić information content (AvgIpc) is 2.75. The van der Waals surface area contributed by atoms with Crippen LogP contribution in [0.5, 0.6) is 5.75 Å². The molecule has 2 aliphatic rings. The summed E-state index contributed by atoms with van der Waals surface area (Å²) in [6.45, 7) is 7.15. The van der Waals surface area contributed by atoms with Crippen LogP contribution >= 0.6 is 0 Å². The molecule has 2 aliphatic heterocycles. The molecule has 2 heterocycles. The summed E-state index contributed by atoms with van der Waals surface area (Å²) in [5, 5.41) is 9.37. The number of nitrogens with zero attached hydrogens (tertiary/aromatic N) is 2. The number of carbonyl (C=O) groups is 1. The summed E-state index contributed by atoms with van der Waals surface area (Å²) in [5.41, 5.74) is 1.61. The minimum Gasteiger partial charge on any atom is -0.493 e. The highest BCUT2D eigenvalue weighted by molar-refractivity contribution is 5.95. The lowest BCUT2D eigenvalue weighted by Gasteiger charge is -2.35. The van der Waals surface area contributed by atoms with Gasteiger partial charge in [0.05, 0.1) is 12.7 Å². The number of ether oxygens (including phenoxy) is 1. The number of hydrogen-bond acceptors (Lipinski definition) is 4. The number of alkyl halides is 1. The third-order valence-corrected chi connectivity index (χ3v) is 6.26. The normalized spacial score (nSPS) is 18.4. The van der Waals surface area contributed by atoms with Crippen LogP contribution in [-0.2, 0) is 0 Å². The molecule has 32 heavy (non-hydrogen) atoms. The number of aliphatic hydroxyl groups is 1. The van der Waals surface area contributed by atoms with E-state index in [4.69, 9.17) is 4.74 Å². The van der Waals surface area contributed by atoms with Gasteiger partial charge in [0.25, 0.3) is 5.91 Å². The van der Waals surface area contributed by atoms with Gasteiger partial charge in [0, 0.05) is 25.2 Å². The van der Waals surface area contributed by atoms with Crippen molar-refractivity contribution in [3.05, 3.63) is 54.1 Å². The molecule has 0 spiro atoms. The highest BCUT2D eigenvalue weighted by Gasteiger charge is 2.29. The van der Waals surface area contributed by atoms with Crippen molar-refractivity contribution in [2.24, 2.45) is 5.92 Å². The zero-order valence-corrected chi connectivity index (χ0v) is 19.0. The molecule has 2 aromatic rings. The largest absolute Gasteiger partial charge is 0.493 e. The zero-order chi connectivity index (χ0) is 22.7. The van der Waals surface area contributed by atoms with Gasteiger partial charge in [-0.2, -0.15) is 0 Å². The topological polar surface area (TPSA) is 53.0 Å². The molecule has 172 valence electrons. The Morgan fingerprint density at radius 1 is 1.03 bits per heavy atom. The first-order valence-corrected chi connectivity index (χ1v) is 11.5. The molecule has 0 aliphatic carbocycles. The van der Waals surface area contributed by atoms with Gasteiger partial charge in [0.1, 0.15) is 11.4 Å². The quantitative estimate of drug-likeness (QED) is 0.707. The van der Waals surface area contributed by atoms with Gasteiger partial charge in [-0.05, 0) is 81.1 Å². The fourth-order valence-electron chi connectivity index (χ4n) is 4.41. The number of amides is 1. The van der Waals surface area contributed by atoms with Crippen LogP contribution in [0.4, 0.5) is 4.39 Å². The minimum atomic E-state index is -1.14. The Balaban J connectivity index is 1.25. The zero-order valence-electron chi connectivity index (χ0n) is 19.0. The van der Waals surface area contributed by atoms with E-state index in [1.165, 1.54) is 0 Å². The lowest BCUT2D eigenvalue weighted by molar-refractivity contribution is 0.00590. The summed E-state index contributed by atoms with van der Waals surface area (Å²) in [6, 6.07) is 15.6. The van der Waals surface area contributed by atoms with Crippen molar-refractivity contribution in [1.82, 2.24) is 9.80 Å². The van der Waals surface area contributed by atoms with E-state index in [2.05, 4.69) is 4.90 Å². The molecule has 1 N–H and O–H groups in total. The average molecular weight is 441 g/mol. The Morgan fingerprint density at radius 3 is 2.12 bits per heavy atom. The molecule has 0 bridgehead atoms. The van der Waals surface area contributed by atoms with Crippen LogP contribution < -0.4 is 4.74 Å². The van der Waals surface area contributed by atoms with Crippen LogP contribution in [0, 0.1) is 5.92 Å². The molecule has 0 atom stereocenters. The number of aliphatic hydroxyl groups excluding tert-OH is 1. The number of halogens is 1. The van der Waals surface area contributed by atoms with Crippen LogP contribution in [0.2, 0.25) is 0 Å². The van der Waals surface area contributed by atoms with Crippen molar-refractivity contribution in [3.8, 4) is 16.9 Å². The van der Waals surface area contributed by atoms with Crippen molar-refractivity contribution in [2.75, 3.05) is 39.3 Å². The van der Waals surface area contributed by atoms with Crippen molar-refractivity contribution < 1.29 is 19.0 Å². The van der Waals surface area contributed by atoms with Gasteiger partial charge in [0.15, 0.2) is 0 Å². The second-order valence-corrected chi connectivity index (χ2v) is 9.71. The summed E-state index contributed by atoms with van der Waals surface area (Å²) in [6.07, 6.45) is 1.69. The molecular weight excluding hydrogens is 407 g/mol. The van der Waals surface area contributed by atoms with Gasteiger partial charge < -0.3 is 19.6 Å². The maximum Gasteiger partial charge on any atom is 0.254 e. The smallest absolute Gasteiger partial charge is 0.254 e. The maximum atomic E-state index is 13.8. The fourth-order valence-corrected chi connectivity index (χ4v) is 4.41. The molecular formula is C26H33FN2O3. The Labute approximate surface area is 189 Å².